The number of nitrogen functional groups attached to an aromatic ring is 1. The fourth-order valence-electron chi connectivity index (χ4n) is 2.29. The summed E-state index contributed by atoms with van der Waals surface area (Å²) < 4.78 is 32.6. The molecule has 1 aromatic heterocycles. The second kappa shape index (κ2) is 6.48. The predicted octanol–water partition coefficient (Wildman–Crippen LogP) is 3.67. The highest BCUT2D eigenvalue weighted by atomic mass is 32.1. The molecule has 1 heterocycles. The van der Waals surface area contributed by atoms with E-state index in [1.54, 1.807) is 24.3 Å². The Bertz CT molecular complexity index is 987. The van der Waals surface area contributed by atoms with Crippen LogP contribution in [0.25, 0.3) is 10.1 Å². The van der Waals surface area contributed by atoms with Crippen LogP contribution in [0, 0.1) is 17.0 Å². The molecule has 0 aliphatic rings. The first-order valence-electron chi connectivity index (χ1n) is 7.07. The topological polar surface area (TPSA) is 96.4 Å². The van der Waals surface area contributed by atoms with Crippen molar-refractivity contribution in [2.75, 3.05) is 0 Å². The molecule has 0 aliphatic carbocycles. The van der Waals surface area contributed by atoms with Gasteiger partial charge in [-0.3, -0.25) is 5.41 Å². The van der Waals surface area contributed by atoms with Crippen LogP contribution < -0.4 is 10.5 Å². The minimum Gasteiger partial charge on any atom is -0.478 e. The van der Waals surface area contributed by atoms with Gasteiger partial charge in [-0.25, -0.2) is 13.6 Å². The fourth-order valence-corrected chi connectivity index (χ4v) is 3.24. The van der Waals surface area contributed by atoms with E-state index in [0.29, 0.717) is 4.88 Å². The summed E-state index contributed by atoms with van der Waals surface area (Å²) in [5.41, 5.74) is 5.45. The predicted molar refractivity (Wildman–Crippen MR) is 90.2 cm³/mol. The Labute approximate surface area is 144 Å². The molecule has 0 bridgehead atoms. The first kappa shape index (κ1) is 16.8. The van der Waals surface area contributed by atoms with Crippen molar-refractivity contribution in [3.05, 3.63) is 64.5 Å². The van der Waals surface area contributed by atoms with Crippen LogP contribution in [-0.4, -0.2) is 16.9 Å². The molecule has 0 radical (unpaired) electrons. The third-order valence-corrected chi connectivity index (χ3v) is 4.61. The number of hydrogen-bond donors (Lipinski definition) is 3. The van der Waals surface area contributed by atoms with Crippen LogP contribution in [0.15, 0.2) is 42.5 Å². The van der Waals surface area contributed by atoms with E-state index < -0.39 is 23.7 Å². The molecular weight excluding hydrogens is 350 g/mol. The van der Waals surface area contributed by atoms with E-state index in [1.807, 2.05) is 0 Å². The molecule has 0 fully saturated rings. The standard InChI is InChI=1S/C17H12F2N2O3S/c18-11-4-2-9(5-12(11)19)15(17(22)23)24-10-3-1-8-6-14(16(20)21)25-13(8)7-10/h1-7,15H,(H3,20,21)(H,22,23). The third kappa shape index (κ3) is 3.43. The molecule has 8 heteroatoms. The lowest BCUT2D eigenvalue weighted by molar-refractivity contribution is -0.145. The first-order valence-corrected chi connectivity index (χ1v) is 7.89. The van der Waals surface area contributed by atoms with Gasteiger partial charge in [0.05, 0.1) is 4.88 Å². The number of carboxylic acid groups (broad SMARTS) is 1. The number of ether oxygens (including phenoxy) is 1. The summed E-state index contributed by atoms with van der Waals surface area (Å²) in [6.45, 7) is 0. The number of aliphatic carboxylic acids is 1. The molecule has 1 unspecified atom stereocenters. The molecule has 5 nitrogen and oxygen atoms in total. The maximum atomic E-state index is 13.4. The second-order valence-corrected chi connectivity index (χ2v) is 6.32. The minimum atomic E-state index is -1.49. The summed E-state index contributed by atoms with van der Waals surface area (Å²) in [6, 6.07) is 9.44. The smallest absolute Gasteiger partial charge is 0.349 e. The van der Waals surface area contributed by atoms with Crippen LogP contribution in [0.1, 0.15) is 16.5 Å². The van der Waals surface area contributed by atoms with E-state index in [-0.39, 0.29) is 17.1 Å². The third-order valence-electron chi connectivity index (χ3n) is 3.48. The van der Waals surface area contributed by atoms with Crippen molar-refractivity contribution in [1.29, 1.82) is 5.41 Å². The number of nitrogens with one attached hydrogen (secondary N) is 1. The van der Waals surface area contributed by atoms with Crippen LogP contribution in [0.2, 0.25) is 0 Å². The quantitative estimate of drug-likeness (QED) is 0.477. The maximum absolute atomic E-state index is 13.4. The molecule has 0 amide bonds. The molecule has 0 saturated carbocycles. The van der Waals surface area contributed by atoms with Crippen molar-refractivity contribution in [3.63, 3.8) is 0 Å². The van der Waals surface area contributed by atoms with Gasteiger partial charge in [0, 0.05) is 10.3 Å². The van der Waals surface area contributed by atoms with Crippen molar-refractivity contribution in [2.24, 2.45) is 5.73 Å². The van der Waals surface area contributed by atoms with Crippen molar-refractivity contribution in [2.45, 2.75) is 6.10 Å². The zero-order valence-corrected chi connectivity index (χ0v) is 13.4. The Morgan fingerprint density at radius 1 is 1.16 bits per heavy atom. The molecule has 3 aromatic rings. The summed E-state index contributed by atoms with van der Waals surface area (Å²) in [4.78, 5) is 12.1. The number of carboxylic acids is 1. The molecule has 128 valence electrons. The monoisotopic (exact) mass is 362 g/mol. The summed E-state index contributed by atoms with van der Waals surface area (Å²) in [7, 11) is 0. The van der Waals surface area contributed by atoms with Gasteiger partial charge in [0.15, 0.2) is 11.6 Å². The number of benzene rings is 2. The highest BCUT2D eigenvalue weighted by molar-refractivity contribution is 7.20. The lowest BCUT2D eigenvalue weighted by atomic mass is 10.1. The Kier molecular flexibility index (Phi) is 4.37. The van der Waals surface area contributed by atoms with Gasteiger partial charge in [0.2, 0.25) is 6.10 Å². The summed E-state index contributed by atoms with van der Waals surface area (Å²) in [5, 5.41) is 17.6. The SMILES string of the molecule is N=C(N)c1cc2ccc(OC(C(=O)O)c3ccc(F)c(F)c3)cc2s1. The van der Waals surface area contributed by atoms with Crippen LogP contribution in [0.3, 0.4) is 0 Å². The number of rotatable bonds is 5. The first-order chi connectivity index (χ1) is 11.8. The second-order valence-electron chi connectivity index (χ2n) is 5.23. The lowest BCUT2D eigenvalue weighted by Crippen LogP contribution is -2.18. The Morgan fingerprint density at radius 3 is 2.56 bits per heavy atom. The zero-order valence-electron chi connectivity index (χ0n) is 12.6. The number of fused-ring (bicyclic) bond motifs is 1. The van der Waals surface area contributed by atoms with Crippen LogP contribution >= 0.6 is 11.3 Å². The molecule has 3 rings (SSSR count). The average molecular weight is 362 g/mol. The molecule has 25 heavy (non-hydrogen) atoms. The van der Waals surface area contributed by atoms with Crippen LogP contribution in [0.4, 0.5) is 8.78 Å². The van der Waals surface area contributed by atoms with Crippen molar-refractivity contribution >= 4 is 33.2 Å². The Hall–Kier alpha value is -3.00. The number of thiophene rings is 1. The summed E-state index contributed by atoms with van der Waals surface area (Å²) in [6.07, 6.45) is -1.49. The molecular formula is C17H12F2N2O3S. The van der Waals surface area contributed by atoms with Gasteiger partial charge < -0.3 is 15.6 Å². The minimum absolute atomic E-state index is 0.0119. The molecule has 0 spiro atoms. The van der Waals surface area contributed by atoms with Gasteiger partial charge >= 0.3 is 5.97 Å². The number of halogens is 2. The Balaban J connectivity index is 1.94. The summed E-state index contributed by atoms with van der Waals surface area (Å²) in [5.74, 6) is -3.35. The largest absolute Gasteiger partial charge is 0.478 e. The molecule has 0 aliphatic heterocycles. The van der Waals surface area contributed by atoms with Crippen LogP contribution in [0.5, 0.6) is 5.75 Å². The van der Waals surface area contributed by atoms with E-state index in [2.05, 4.69) is 0 Å². The number of nitrogens with two attached hydrogens (primary N) is 1. The molecule has 1 atom stereocenters. The van der Waals surface area contributed by atoms with Gasteiger partial charge in [0.1, 0.15) is 11.6 Å². The zero-order chi connectivity index (χ0) is 18.1. The van der Waals surface area contributed by atoms with Gasteiger partial charge in [-0.2, -0.15) is 0 Å². The fraction of sp³-hybridized carbons (Fsp3) is 0.0588. The molecule has 0 saturated heterocycles. The van der Waals surface area contributed by atoms with Gasteiger partial charge in [-0.05, 0) is 41.8 Å². The van der Waals surface area contributed by atoms with Crippen molar-refractivity contribution in [3.8, 4) is 5.75 Å². The molecule has 4 N–H and O–H groups in total. The average Bonchev–Trinajstić information content (AvgIpc) is 2.98. The van der Waals surface area contributed by atoms with E-state index in [4.69, 9.17) is 15.9 Å². The number of amidine groups is 1. The lowest BCUT2D eigenvalue weighted by Gasteiger charge is -2.15. The highest BCUT2D eigenvalue weighted by Crippen LogP contribution is 2.31. The van der Waals surface area contributed by atoms with Gasteiger partial charge in [-0.1, -0.05) is 6.07 Å². The number of carbonyl (C=O) groups is 1. The summed E-state index contributed by atoms with van der Waals surface area (Å²) >= 11 is 1.27. The van der Waals surface area contributed by atoms with E-state index in [1.165, 1.54) is 11.3 Å². The van der Waals surface area contributed by atoms with Crippen LogP contribution in [-0.2, 0) is 4.79 Å². The normalized spacial score (nSPS) is 12.1. The van der Waals surface area contributed by atoms with E-state index >= 15 is 0 Å². The van der Waals surface area contributed by atoms with Crippen molar-refractivity contribution < 1.29 is 23.4 Å². The number of hydrogen-bond acceptors (Lipinski definition) is 4. The van der Waals surface area contributed by atoms with E-state index in [0.717, 1.165) is 28.3 Å². The van der Waals surface area contributed by atoms with E-state index in [9.17, 15) is 18.7 Å². The van der Waals surface area contributed by atoms with Crippen molar-refractivity contribution in [1.82, 2.24) is 0 Å². The highest BCUT2D eigenvalue weighted by Gasteiger charge is 2.23. The molecule has 2 aromatic carbocycles. The maximum Gasteiger partial charge on any atom is 0.349 e. The van der Waals surface area contributed by atoms with Gasteiger partial charge in [0.25, 0.3) is 0 Å². The Morgan fingerprint density at radius 2 is 1.92 bits per heavy atom. The van der Waals surface area contributed by atoms with Gasteiger partial charge in [-0.15, -0.1) is 11.3 Å².